The van der Waals surface area contributed by atoms with Crippen LogP contribution in [0.5, 0.6) is 0 Å². The van der Waals surface area contributed by atoms with Gasteiger partial charge in [0, 0.05) is 29.6 Å². The Balaban J connectivity index is 2.18. The smallest absolute Gasteiger partial charge is 0.242 e. The summed E-state index contributed by atoms with van der Waals surface area (Å²) in [7, 11) is 0. The van der Waals surface area contributed by atoms with Gasteiger partial charge in [0.2, 0.25) is 11.8 Å². The molecule has 0 bridgehead atoms. The van der Waals surface area contributed by atoms with E-state index in [-0.39, 0.29) is 30.8 Å². The van der Waals surface area contributed by atoms with E-state index in [2.05, 4.69) is 5.32 Å². The van der Waals surface area contributed by atoms with Crippen molar-refractivity contribution in [3.05, 3.63) is 70.5 Å². The maximum Gasteiger partial charge on any atom is 0.242 e. The zero-order valence-electron chi connectivity index (χ0n) is 16.4. The van der Waals surface area contributed by atoms with Gasteiger partial charge in [-0.25, -0.2) is 4.39 Å². The summed E-state index contributed by atoms with van der Waals surface area (Å²) in [6, 6.07) is 12.8. The molecule has 0 radical (unpaired) electrons. The maximum absolute atomic E-state index is 14.1. The molecule has 150 valence electrons. The first-order valence-corrected chi connectivity index (χ1v) is 9.74. The summed E-state index contributed by atoms with van der Waals surface area (Å²) in [5.74, 6) is -0.894. The predicted molar refractivity (Wildman–Crippen MR) is 109 cm³/mol. The molecule has 2 aromatic rings. The van der Waals surface area contributed by atoms with Crippen molar-refractivity contribution in [3.8, 4) is 0 Å². The summed E-state index contributed by atoms with van der Waals surface area (Å²) in [6.45, 7) is 5.39. The molecule has 0 fully saturated rings. The average molecular weight is 405 g/mol. The van der Waals surface area contributed by atoms with Gasteiger partial charge in [0.05, 0.1) is 0 Å². The van der Waals surface area contributed by atoms with Crippen molar-refractivity contribution in [2.24, 2.45) is 0 Å². The van der Waals surface area contributed by atoms with E-state index >= 15 is 0 Å². The molecule has 0 saturated carbocycles. The van der Waals surface area contributed by atoms with Crippen molar-refractivity contribution in [2.45, 2.75) is 52.2 Å². The van der Waals surface area contributed by atoms with Crippen LogP contribution in [0.1, 0.15) is 38.3 Å². The van der Waals surface area contributed by atoms with Crippen LogP contribution in [0.15, 0.2) is 48.5 Å². The fraction of sp³-hybridized carbons (Fsp3) is 0.364. The van der Waals surface area contributed by atoms with E-state index in [0.717, 1.165) is 5.56 Å². The molecule has 2 amide bonds. The van der Waals surface area contributed by atoms with E-state index in [9.17, 15) is 14.0 Å². The molecule has 0 aliphatic heterocycles. The molecular formula is C22H26ClFN2O2. The second-order valence-electron chi connectivity index (χ2n) is 7.04. The highest BCUT2D eigenvalue weighted by molar-refractivity contribution is 6.31. The number of carbonyl (C=O) groups excluding carboxylic acids is 2. The molecule has 0 spiro atoms. The number of nitrogens with one attached hydrogen (secondary N) is 1. The molecule has 4 nitrogen and oxygen atoms in total. The van der Waals surface area contributed by atoms with E-state index in [1.165, 1.54) is 11.0 Å². The average Bonchev–Trinajstić information content (AvgIpc) is 2.65. The van der Waals surface area contributed by atoms with E-state index < -0.39 is 11.9 Å². The molecule has 28 heavy (non-hydrogen) atoms. The summed E-state index contributed by atoms with van der Waals surface area (Å²) in [6.07, 6.45) is 0.627. The summed E-state index contributed by atoms with van der Waals surface area (Å²) in [4.78, 5) is 26.9. The van der Waals surface area contributed by atoms with Crippen LogP contribution >= 0.6 is 11.6 Å². The van der Waals surface area contributed by atoms with Crippen LogP contribution in [-0.2, 0) is 22.6 Å². The Bertz CT molecular complexity index is 826. The van der Waals surface area contributed by atoms with Gasteiger partial charge in [-0.15, -0.1) is 0 Å². The van der Waals surface area contributed by atoms with E-state index in [1.54, 1.807) is 31.2 Å². The Labute approximate surface area is 170 Å². The molecule has 2 rings (SSSR count). The minimum atomic E-state index is -0.722. The fourth-order valence-electron chi connectivity index (χ4n) is 2.88. The molecule has 2 aromatic carbocycles. The van der Waals surface area contributed by atoms with Crippen LogP contribution in [0, 0.1) is 5.82 Å². The highest BCUT2D eigenvalue weighted by Gasteiger charge is 2.27. The van der Waals surface area contributed by atoms with Gasteiger partial charge in [-0.2, -0.15) is 0 Å². The van der Waals surface area contributed by atoms with Crippen molar-refractivity contribution >= 4 is 23.4 Å². The third-order valence-corrected chi connectivity index (χ3v) is 4.83. The first-order valence-electron chi connectivity index (χ1n) is 9.36. The SMILES string of the molecule is CC(C)NC(=O)[C@H](C)N(Cc1ccccc1F)C(=O)CCc1ccccc1Cl. The third kappa shape index (κ3) is 6.06. The summed E-state index contributed by atoms with van der Waals surface area (Å²) in [5, 5.41) is 3.41. The number of amides is 2. The lowest BCUT2D eigenvalue weighted by Gasteiger charge is -2.29. The Kier molecular flexibility index (Phi) is 8.00. The molecule has 0 unspecified atom stereocenters. The number of nitrogens with zero attached hydrogens (tertiary/aromatic N) is 1. The van der Waals surface area contributed by atoms with Gasteiger partial charge in [0.25, 0.3) is 0 Å². The van der Waals surface area contributed by atoms with E-state index in [1.807, 2.05) is 32.0 Å². The standard InChI is InChI=1S/C22H26ClFN2O2/c1-15(2)25-22(28)16(3)26(14-18-9-5-7-11-20(18)24)21(27)13-12-17-8-4-6-10-19(17)23/h4-11,15-16H,12-14H2,1-3H3,(H,25,28)/t16-/m0/s1. The molecule has 0 heterocycles. The van der Waals surface area contributed by atoms with Crippen LogP contribution < -0.4 is 5.32 Å². The Morgan fingerprint density at radius 1 is 1.04 bits per heavy atom. The number of hydrogen-bond donors (Lipinski definition) is 1. The number of aryl methyl sites for hydroxylation is 1. The quantitative estimate of drug-likeness (QED) is 0.710. The summed E-state index contributed by atoms with van der Waals surface area (Å²) in [5.41, 5.74) is 1.24. The first kappa shape index (κ1) is 21.9. The minimum Gasteiger partial charge on any atom is -0.352 e. The van der Waals surface area contributed by atoms with Gasteiger partial charge < -0.3 is 10.2 Å². The third-order valence-electron chi connectivity index (χ3n) is 4.46. The lowest BCUT2D eigenvalue weighted by molar-refractivity contribution is -0.140. The molecule has 1 atom stereocenters. The molecule has 0 aliphatic carbocycles. The van der Waals surface area contributed by atoms with Gasteiger partial charge in [0.1, 0.15) is 11.9 Å². The number of rotatable bonds is 8. The predicted octanol–water partition coefficient (Wildman–Crippen LogP) is 4.35. The largest absolute Gasteiger partial charge is 0.352 e. The van der Waals surface area contributed by atoms with Crippen LogP contribution in [0.4, 0.5) is 4.39 Å². The number of halogens is 2. The van der Waals surface area contributed by atoms with Crippen molar-refractivity contribution in [1.82, 2.24) is 10.2 Å². The summed E-state index contributed by atoms with van der Waals surface area (Å²) >= 11 is 6.17. The lowest BCUT2D eigenvalue weighted by Crippen LogP contribution is -2.49. The van der Waals surface area contributed by atoms with Crippen molar-refractivity contribution in [3.63, 3.8) is 0 Å². The molecular weight excluding hydrogens is 379 g/mol. The monoisotopic (exact) mass is 404 g/mol. The highest BCUT2D eigenvalue weighted by atomic mass is 35.5. The topological polar surface area (TPSA) is 49.4 Å². The van der Waals surface area contributed by atoms with Gasteiger partial charge in [0.15, 0.2) is 0 Å². The highest BCUT2D eigenvalue weighted by Crippen LogP contribution is 2.19. The Hall–Kier alpha value is -2.40. The zero-order chi connectivity index (χ0) is 20.7. The minimum absolute atomic E-state index is 0.0285. The zero-order valence-corrected chi connectivity index (χ0v) is 17.2. The summed E-state index contributed by atoms with van der Waals surface area (Å²) < 4.78 is 14.1. The van der Waals surface area contributed by atoms with Gasteiger partial charge >= 0.3 is 0 Å². The molecule has 1 N–H and O–H groups in total. The first-order chi connectivity index (χ1) is 13.3. The van der Waals surface area contributed by atoms with Crippen LogP contribution in [0.3, 0.4) is 0 Å². The van der Waals surface area contributed by atoms with Crippen LogP contribution in [0.2, 0.25) is 5.02 Å². The van der Waals surface area contributed by atoms with Crippen LogP contribution in [0.25, 0.3) is 0 Å². The lowest BCUT2D eigenvalue weighted by atomic mass is 10.1. The van der Waals surface area contributed by atoms with Gasteiger partial charge in [-0.1, -0.05) is 48.0 Å². The molecule has 0 aliphatic rings. The fourth-order valence-corrected chi connectivity index (χ4v) is 3.11. The Morgan fingerprint density at radius 2 is 1.64 bits per heavy atom. The molecule has 0 aromatic heterocycles. The van der Waals surface area contributed by atoms with E-state index in [0.29, 0.717) is 17.0 Å². The number of benzene rings is 2. The van der Waals surface area contributed by atoms with Crippen molar-refractivity contribution in [2.75, 3.05) is 0 Å². The number of carbonyl (C=O) groups is 2. The van der Waals surface area contributed by atoms with Gasteiger partial charge in [-0.05, 0) is 44.9 Å². The normalized spacial score (nSPS) is 11.9. The molecule has 6 heteroatoms. The van der Waals surface area contributed by atoms with Gasteiger partial charge in [-0.3, -0.25) is 9.59 Å². The second-order valence-corrected chi connectivity index (χ2v) is 7.45. The van der Waals surface area contributed by atoms with E-state index in [4.69, 9.17) is 11.6 Å². The Morgan fingerprint density at radius 3 is 2.25 bits per heavy atom. The van der Waals surface area contributed by atoms with Crippen LogP contribution in [-0.4, -0.2) is 28.8 Å². The van der Waals surface area contributed by atoms with Crippen molar-refractivity contribution in [1.29, 1.82) is 0 Å². The molecule has 0 saturated heterocycles. The number of hydrogen-bond acceptors (Lipinski definition) is 2. The van der Waals surface area contributed by atoms with Crippen molar-refractivity contribution < 1.29 is 14.0 Å². The maximum atomic E-state index is 14.1. The second kappa shape index (κ2) is 10.2.